The molecule has 2 fully saturated rings. The Hall–Kier alpha value is -1.40. The first-order chi connectivity index (χ1) is 11.6. The molecule has 0 aromatic carbocycles. The normalized spacial score (nSPS) is 21.7. The SMILES string of the molecule is O=C1CCCN1C[C@@H](O)CNC(=O)C1(c2cccs2)CCCCC1. The van der Waals surface area contributed by atoms with Crippen LogP contribution in [0.1, 0.15) is 49.8 Å². The molecule has 0 bridgehead atoms. The Balaban J connectivity index is 1.58. The second-order valence-corrected chi connectivity index (χ2v) is 7.87. The number of aliphatic hydroxyl groups excluding tert-OH is 1. The summed E-state index contributed by atoms with van der Waals surface area (Å²) < 4.78 is 0. The maximum absolute atomic E-state index is 12.9. The second kappa shape index (κ2) is 7.66. The minimum atomic E-state index is -0.708. The summed E-state index contributed by atoms with van der Waals surface area (Å²) in [6, 6.07) is 4.05. The summed E-state index contributed by atoms with van der Waals surface area (Å²) in [5.41, 5.74) is -0.435. The lowest BCUT2D eigenvalue weighted by atomic mass is 9.72. The van der Waals surface area contributed by atoms with E-state index < -0.39 is 11.5 Å². The van der Waals surface area contributed by atoms with E-state index in [1.807, 2.05) is 11.4 Å². The van der Waals surface area contributed by atoms with Crippen molar-refractivity contribution in [1.82, 2.24) is 10.2 Å². The lowest BCUT2D eigenvalue weighted by molar-refractivity contribution is -0.129. The summed E-state index contributed by atoms with van der Waals surface area (Å²) in [5.74, 6) is 0.124. The molecule has 132 valence electrons. The van der Waals surface area contributed by atoms with Crippen molar-refractivity contribution in [2.24, 2.45) is 0 Å². The Labute approximate surface area is 147 Å². The number of hydrogen-bond donors (Lipinski definition) is 2. The fourth-order valence-corrected chi connectivity index (χ4v) is 4.87. The number of nitrogens with one attached hydrogen (secondary N) is 1. The first-order valence-electron chi connectivity index (χ1n) is 8.90. The van der Waals surface area contributed by atoms with E-state index in [2.05, 4.69) is 11.4 Å². The van der Waals surface area contributed by atoms with Crippen molar-refractivity contribution in [1.29, 1.82) is 0 Å². The van der Waals surface area contributed by atoms with Crippen LogP contribution in [0.2, 0.25) is 0 Å². The molecule has 1 aromatic heterocycles. The fourth-order valence-electron chi connectivity index (χ4n) is 3.89. The van der Waals surface area contributed by atoms with Crippen molar-refractivity contribution in [3.63, 3.8) is 0 Å². The van der Waals surface area contributed by atoms with E-state index in [0.717, 1.165) is 37.0 Å². The van der Waals surface area contributed by atoms with Crippen molar-refractivity contribution in [2.75, 3.05) is 19.6 Å². The molecule has 2 N–H and O–H groups in total. The minimum absolute atomic E-state index is 0.0245. The largest absolute Gasteiger partial charge is 0.389 e. The van der Waals surface area contributed by atoms with E-state index in [-0.39, 0.29) is 18.4 Å². The molecule has 24 heavy (non-hydrogen) atoms. The topological polar surface area (TPSA) is 69.6 Å². The summed E-state index contributed by atoms with van der Waals surface area (Å²) in [5, 5.41) is 15.2. The second-order valence-electron chi connectivity index (χ2n) is 6.93. The third-order valence-electron chi connectivity index (χ3n) is 5.24. The Morgan fingerprint density at radius 3 is 2.75 bits per heavy atom. The van der Waals surface area contributed by atoms with Crippen LogP contribution in [-0.2, 0) is 15.0 Å². The van der Waals surface area contributed by atoms with Gasteiger partial charge in [-0.2, -0.15) is 0 Å². The van der Waals surface area contributed by atoms with Gasteiger partial charge in [0.2, 0.25) is 11.8 Å². The van der Waals surface area contributed by atoms with Gasteiger partial charge in [-0.3, -0.25) is 9.59 Å². The number of amides is 2. The zero-order valence-corrected chi connectivity index (χ0v) is 14.8. The quantitative estimate of drug-likeness (QED) is 0.825. The third kappa shape index (κ3) is 3.64. The number of aliphatic hydroxyl groups is 1. The highest BCUT2D eigenvalue weighted by Crippen LogP contribution is 2.41. The van der Waals surface area contributed by atoms with Gasteiger partial charge in [0.1, 0.15) is 0 Å². The summed E-state index contributed by atoms with van der Waals surface area (Å²) in [7, 11) is 0. The predicted octanol–water partition coefficient (Wildman–Crippen LogP) is 2.05. The average molecular weight is 350 g/mol. The van der Waals surface area contributed by atoms with Crippen LogP contribution in [0, 0.1) is 0 Å². The zero-order chi connectivity index (χ0) is 17.0. The number of thiophene rings is 1. The lowest BCUT2D eigenvalue weighted by Crippen LogP contribution is -2.49. The highest BCUT2D eigenvalue weighted by molar-refractivity contribution is 7.10. The molecule has 2 heterocycles. The number of carbonyl (C=O) groups excluding carboxylic acids is 2. The molecule has 2 aliphatic rings. The number of β-amino-alcohol motifs (C(OH)–C–C–N with tert-alkyl or cyclic N) is 1. The molecule has 3 rings (SSSR count). The summed E-state index contributed by atoms with van der Waals surface area (Å²) in [4.78, 5) is 27.4. The predicted molar refractivity (Wildman–Crippen MR) is 93.9 cm³/mol. The molecule has 1 aliphatic carbocycles. The Bertz CT molecular complexity index is 567. The molecule has 1 saturated carbocycles. The van der Waals surface area contributed by atoms with Crippen molar-refractivity contribution in [2.45, 2.75) is 56.5 Å². The highest BCUT2D eigenvalue weighted by atomic mass is 32.1. The van der Waals surface area contributed by atoms with Crippen molar-refractivity contribution >= 4 is 23.2 Å². The van der Waals surface area contributed by atoms with Gasteiger partial charge >= 0.3 is 0 Å². The van der Waals surface area contributed by atoms with Crippen LogP contribution in [0.15, 0.2) is 17.5 Å². The first-order valence-corrected chi connectivity index (χ1v) is 9.78. The number of rotatable bonds is 6. The molecule has 1 aromatic rings. The van der Waals surface area contributed by atoms with Gasteiger partial charge in [0, 0.05) is 30.9 Å². The van der Waals surface area contributed by atoms with E-state index in [1.165, 1.54) is 6.42 Å². The number of likely N-dealkylation sites (tertiary alicyclic amines) is 1. The van der Waals surface area contributed by atoms with Gasteiger partial charge in [-0.05, 0) is 30.7 Å². The fraction of sp³-hybridized carbons (Fsp3) is 0.667. The van der Waals surface area contributed by atoms with E-state index in [9.17, 15) is 14.7 Å². The maximum atomic E-state index is 12.9. The third-order valence-corrected chi connectivity index (χ3v) is 6.31. The smallest absolute Gasteiger partial charge is 0.231 e. The van der Waals surface area contributed by atoms with E-state index in [1.54, 1.807) is 16.2 Å². The van der Waals surface area contributed by atoms with Crippen molar-refractivity contribution < 1.29 is 14.7 Å². The van der Waals surface area contributed by atoms with Crippen LogP contribution in [0.5, 0.6) is 0 Å². The molecular weight excluding hydrogens is 324 g/mol. The lowest BCUT2D eigenvalue weighted by Gasteiger charge is -2.35. The van der Waals surface area contributed by atoms with Gasteiger partial charge in [-0.15, -0.1) is 11.3 Å². The highest BCUT2D eigenvalue weighted by Gasteiger charge is 2.42. The Morgan fingerprint density at radius 2 is 2.12 bits per heavy atom. The minimum Gasteiger partial charge on any atom is -0.389 e. The molecule has 1 saturated heterocycles. The van der Waals surface area contributed by atoms with Gasteiger partial charge in [-0.25, -0.2) is 0 Å². The van der Waals surface area contributed by atoms with Crippen LogP contribution in [0.4, 0.5) is 0 Å². The zero-order valence-electron chi connectivity index (χ0n) is 14.0. The van der Waals surface area contributed by atoms with Crippen LogP contribution >= 0.6 is 11.3 Å². The molecule has 0 radical (unpaired) electrons. The molecule has 1 atom stereocenters. The van der Waals surface area contributed by atoms with Crippen LogP contribution in [-0.4, -0.2) is 47.6 Å². The molecule has 5 nitrogen and oxygen atoms in total. The van der Waals surface area contributed by atoms with Gasteiger partial charge in [0.15, 0.2) is 0 Å². The van der Waals surface area contributed by atoms with E-state index in [0.29, 0.717) is 19.5 Å². The summed E-state index contributed by atoms with van der Waals surface area (Å²) in [6.45, 7) is 1.23. The number of hydrogen-bond acceptors (Lipinski definition) is 4. The number of nitrogens with zero attached hydrogens (tertiary/aromatic N) is 1. The van der Waals surface area contributed by atoms with Crippen molar-refractivity contribution in [3.8, 4) is 0 Å². The molecule has 0 unspecified atom stereocenters. The molecule has 2 amide bonds. The van der Waals surface area contributed by atoms with Gasteiger partial charge in [-0.1, -0.05) is 25.3 Å². The first kappa shape index (κ1) is 17.4. The molecule has 6 heteroatoms. The maximum Gasteiger partial charge on any atom is 0.231 e. The van der Waals surface area contributed by atoms with Crippen molar-refractivity contribution in [3.05, 3.63) is 22.4 Å². The van der Waals surface area contributed by atoms with Crippen LogP contribution in [0.25, 0.3) is 0 Å². The van der Waals surface area contributed by atoms with Gasteiger partial charge < -0.3 is 15.3 Å². The number of carbonyl (C=O) groups is 2. The average Bonchev–Trinajstić information content (AvgIpc) is 3.26. The van der Waals surface area contributed by atoms with Gasteiger partial charge in [0.05, 0.1) is 11.5 Å². The van der Waals surface area contributed by atoms with Crippen LogP contribution in [0.3, 0.4) is 0 Å². The van der Waals surface area contributed by atoms with Crippen LogP contribution < -0.4 is 5.32 Å². The van der Waals surface area contributed by atoms with E-state index in [4.69, 9.17) is 0 Å². The molecule has 0 spiro atoms. The van der Waals surface area contributed by atoms with E-state index >= 15 is 0 Å². The Morgan fingerprint density at radius 1 is 1.33 bits per heavy atom. The summed E-state index contributed by atoms with van der Waals surface area (Å²) >= 11 is 1.64. The molecule has 1 aliphatic heterocycles. The summed E-state index contributed by atoms with van der Waals surface area (Å²) in [6.07, 6.45) is 5.78. The van der Waals surface area contributed by atoms with Gasteiger partial charge in [0.25, 0.3) is 0 Å². The molecular formula is C18H26N2O3S. The monoisotopic (exact) mass is 350 g/mol. The Kier molecular flexibility index (Phi) is 5.56. The standard InChI is InChI=1S/C18H26N2O3S/c21-14(13-20-10-4-7-16(20)22)12-19-17(23)18(8-2-1-3-9-18)15-6-5-11-24-15/h5-6,11,14,21H,1-4,7-10,12-13H2,(H,19,23)/t14-/m0/s1.